The smallest absolute Gasteiger partial charge is 0.187 e. The van der Waals surface area contributed by atoms with Gasteiger partial charge in [0.1, 0.15) is 48.8 Å². The Labute approximate surface area is 254 Å². The Morgan fingerprint density at radius 3 is 1.89 bits per heavy atom. The first-order valence-electron chi connectivity index (χ1n) is 14.9. The Balaban J connectivity index is 1.52. The van der Waals surface area contributed by atoms with Crippen LogP contribution < -0.4 is 34.0 Å². The largest absolute Gasteiger partial charge is 0.395 e. The van der Waals surface area contributed by atoms with Crippen LogP contribution in [0, 0.1) is 0 Å². The summed E-state index contributed by atoms with van der Waals surface area (Å²) in [5.74, 6) is 0. The molecule has 3 heterocycles. The highest BCUT2D eigenvalue weighted by atomic mass is 16.8. The van der Waals surface area contributed by atoms with Gasteiger partial charge in [0.15, 0.2) is 18.9 Å². The van der Waals surface area contributed by atoms with Crippen LogP contribution in [0.2, 0.25) is 0 Å². The van der Waals surface area contributed by atoms with Crippen molar-refractivity contribution in [3.63, 3.8) is 0 Å². The van der Waals surface area contributed by atoms with E-state index in [1.165, 1.54) is 0 Å². The molecule has 258 valence electrons. The van der Waals surface area contributed by atoms with E-state index in [-0.39, 0.29) is 39.1 Å². The van der Waals surface area contributed by atoms with Crippen molar-refractivity contribution in [1.29, 1.82) is 0 Å². The predicted octanol–water partition coefficient (Wildman–Crippen LogP) is -8.24. The summed E-state index contributed by atoms with van der Waals surface area (Å²) in [6, 6.07) is -3.42. The van der Waals surface area contributed by atoms with Crippen molar-refractivity contribution in [2.45, 2.75) is 123 Å². The molecule has 1 aliphatic carbocycles. The van der Waals surface area contributed by atoms with Crippen molar-refractivity contribution in [3.05, 3.63) is 0 Å². The monoisotopic (exact) mass is 642 g/mol. The zero-order valence-corrected chi connectivity index (χ0v) is 24.3. The second-order valence-electron chi connectivity index (χ2n) is 11.8. The Kier molecular flexibility index (Phi) is 13.0. The van der Waals surface area contributed by atoms with E-state index in [9.17, 15) is 35.7 Å². The first-order chi connectivity index (χ1) is 20.9. The lowest BCUT2D eigenvalue weighted by Gasteiger charge is -2.47. The summed E-state index contributed by atoms with van der Waals surface area (Å²) in [6.45, 7) is -0.841. The molecule has 3 aliphatic heterocycles. The van der Waals surface area contributed by atoms with Crippen molar-refractivity contribution in [3.8, 4) is 0 Å². The van der Waals surface area contributed by atoms with Crippen LogP contribution in [0.15, 0.2) is 0 Å². The number of aliphatic hydroxyl groups is 7. The van der Waals surface area contributed by atoms with E-state index in [0.29, 0.717) is 0 Å². The van der Waals surface area contributed by atoms with Gasteiger partial charge < -0.3 is 98.2 Å². The van der Waals surface area contributed by atoms with Crippen LogP contribution >= 0.6 is 0 Å². The molecule has 1 saturated carbocycles. The number of aliphatic hydroxyl groups excluding tert-OH is 7. The molecule has 0 radical (unpaired) electrons. The van der Waals surface area contributed by atoms with Crippen LogP contribution in [0.1, 0.15) is 12.8 Å². The molecule has 4 rings (SSSR count). The van der Waals surface area contributed by atoms with Crippen LogP contribution in [-0.4, -0.2) is 179 Å². The molecular weight excluding hydrogens is 592 g/mol. The molecule has 3 saturated heterocycles. The summed E-state index contributed by atoms with van der Waals surface area (Å²) in [4.78, 5) is 0. The highest BCUT2D eigenvalue weighted by Gasteiger charge is 2.54. The Morgan fingerprint density at radius 2 is 1.25 bits per heavy atom. The third-order valence-corrected chi connectivity index (χ3v) is 8.70. The van der Waals surface area contributed by atoms with E-state index < -0.39 is 117 Å². The van der Waals surface area contributed by atoms with Gasteiger partial charge in [0.25, 0.3) is 0 Å². The molecule has 4 fully saturated rings. The third-order valence-electron chi connectivity index (χ3n) is 8.70. The standard InChI is InChI=1S/C25H50N6O13/c26-5-12-11(34)4-9(29)23(39-12)42-20-8(28)3-10(31-1-2-32)16(35)22(20)44-25-19(38)21(14(7-33)41-25)43-24-15(30)18(37)17(36)13(6-27)40-24/h8-25,31-38H,1-7,26-30H2/t8-,9+,10+,11-,12+,13-,14+,15+,16-,17+,18+,19+,20+,21+,22+,23+,24+,25-/m0/s1. The van der Waals surface area contributed by atoms with Crippen LogP contribution in [0.4, 0.5) is 0 Å². The first kappa shape index (κ1) is 36.1. The quantitative estimate of drug-likeness (QED) is 0.0939. The van der Waals surface area contributed by atoms with Crippen LogP contribution in [0.25, 0.3) is 0 Å². The van der Waals surface area contributed by atoms with Gasteiger partial charge in [-0.25, -0.2) is 0 Å². The van der Waals surface area contributed by atoms with Crippen LogP contribution in [0.5, 0.6) is 0 Å². The van der Waals surface area contributed by atoms with E-state index in [1.807, 2.05) is 0 Å². The number of rotatable bonds is 12. The average molecular weight is 643 g/mol. The topological polar surface area (TPSA) is 339 Å². The summed E-state index contributed by atoms with van der Waals surface area (Å²) < 4.78 is 35.3. The fourth-order valence-electron chi connectivity index (χ4n) is 6.14. The van der Waals surface area contributed by atoms with Crippen molar-refractivity contribution in [1.82, 2.24) is 5.32 Å². The minimum atomic E-state index is -1.58. The van der Waals surface area contributed by atoms with Gasteiger partial charge in [-0.3, -0.25) is 0 Å². The molecule has 44 heavy (non-hydrogen) atoms. The average Bonchev–Trinajstić information content (AvgIpc) is 3.30. The molecule has 18 N–H and O–H groups in total. The molecule has 0 unspecified atom stereocenters. The number of nitrogens with one attached hydrogen (secondary N) is 1. The second-order valence-corrected chi connectivity index (χ2v) is 11.8. The summed E-state index contributed by atoms with van der Waals surface area (Å²) >= 11 is 0. The Bertz CT molecular complexity index is 886. The first-order valence-corrected chi connectivity index (χ1v) is 14.9. The zero-order chi connectivity index (χ0) is 32.3. The van der Waals surface area contributed by atoms with Gasteiger partial charge in [-0.05, 0) is 12.8 Å². The summed E-state index contributed by atoms with van der Waals surface area (Å²) in [6.07, 6.45) is -16.7. The molecule has 0 aromatic rings. The van der Waals surface area contributed by atoms with Crippen molar-refractivity contribution in [2.75, 3.05) is 32.8 Å². The van der Waals surface area contributed by atoms with Gasteiger partial charge >= 0.3 is 0 Å². The molecule has 18 atom stereocenters. The lowest BCUT2D eigenvalue weighted by atomic mass is 9.83. The number of hydrogen-bond acceptors (Lipinski definition) is 19. The van der Waals surface area contributed by atoms with E-state index in [4.69, 9.17) is 57.1 Å². The van der Waals surface area contributed by atoms with Gasteiger partial charge in [-0.1, -0.05) is 0 Å². The minimum Gasteiger partial charge on any atom is -0.395 e. The van der Waals surface area contributed by atoms with Gasteiger partial charge in [0, 0.05) is 31.7 Å². The SMILES string of the molecule is NC[C@@H]1O[C@H](O[C@H]2[C@@H](O)[C@H](O[C@@H]3[C@@H](O)[C@H](NCCO)C[C@H](N)[C@H]3O[C@H]3O[C@H](CN)[C@@H](O)C[C@H]3N)O[C@@H]2CO)[C@H](N)[C@@H](O)[C@@H]1O. The molecule has 19 heteroatoms. The van der Waals surface area contributed by atoms with E-state index in [2.05, 4.69) is 5.32 Å². The maximum Gasteiger partial charge on any atom is 0.187 e. The lowest BCUT2D eigenvalue weighted by Crippen LogP contribution is -2.67. The molecule has 4 aliphatic rings. The predicted molar refractivity (Wildman–Crippen MR) is 148 cm³/mol. The van der Waals surface area contributed by atoms with Gasteiger partial charge in [0.2, 0.25) is 0 Å². The van der Waals surface area contributed by atoms with Gasteiger partial charge in [0.05, 0.1) is 43.6 Å². The second kappa shape index (κ2) is 15.9. The molecule has 0 aromatic carbocycles. The maximum absolute atomic E-state index is 11.4. The highest BCUT2D eigenvalue weighted by molar-refractivity contribution is 5.02. The van der Waals surface area contributed by atoms with E-state index in [0.717, 1.165) is 0 Å². The Morgan fingerprint density at radius 1 is 0.636 bits per heavy atom. The molecular formula is C25H50N6O13. The van der Waals surface area contributed by atoms with Crippen molar-refractivity contribution >= 4 is 0 Å². The zero-order valence-electron chi connectivity index (χ0n) is 24.3. The van der Waals surface area contributed by atoms with Crippen molar-refractivity contribution < 1.29 is 64.2 Å². The van der Waals surface area contributed by atoms with Crippen molar-refractivity contribution in [2.24, 2.45) is 28.7 Å². The van der Waals surface area contributed by atoms with Crippen LogP contribution in [0.3, 0.4) is 0 Å². The lowest BCUT2D eigenvalue weighted by molar-refractivity contribution is -0.296. The summed E-state index contributed by atoms with van der Waals surface area (Å²) in [5.41, 5.74) is 30.0. The number of hydrogen-bond donors (Lipinski definition) is 13. The summed E-state index contributed by atoms with van der Waals surface area (Å²) in [7, 11) is 0. The van der Waals surface area contributed by atoms with E-state index >= 15 is 0 Å². The van der Waals surface area contributed by atoms with E-state index in [1.54, 1.807) is 0 Å². The van der Waals surface area contributed by atoms with Gasteiger partial charge in [-0.15, -0.1) is 0 Å². The molecule has 0 aromatic heterocycles. The highest BCUT2D eigenvalue weighted by Crippen LogP contribution is 2.34. The Hall–Kier alpha value is -0.760. The minimum absolute atomic E-state index is 0.00258. The van der Waals surface area contributed by atoms with Gasteiger partial charge in [-0.2, -0.15) is 0 Å². The molecule has 0 amide bonds. The normalized spacial score (nSPS) is 50.2. The third kappa shape index (κ3) is 7.68. The fraction of sp³-hybridized carbons (Fsp3) is 1.00. The molecule has 0 bridgehead atoms. The summed E-state index contributed by atoms with van der Waals surface area (Å²) in [5, 5.41) is 75.7. The number of nitrogens with two attached hydrogens (primary N) is 5. The van der Waals surface area contributed by atoms with Crippen LogP contribution in [-0.2, 0) is 28.4 Å². The number of ether oxygens (including phenoxy) is 6. The fourth-order valence-corrected chi connectivity index (χ4v) is 6.14. The molecule has 0 spiro atoms. The maximum atomic E-state index is 11.4. The molecule has 19 nitrogen and oxygen atoms in total.